The molecule has 4 heterocycles. The summed E-state index contributed by atoms with van der Waals surface area (Å²) in [6.07, 6.45) is 9.68. The van der Waals surface area contributed by atoms with Crippen molar-refractivity contribution in [3.63, 3.8) is 0 Å². The standard InChI is InChI=1S/C19H27N5/c1-11(2)16-10-20-24-18(9-17(12-3-4-12)23-19(16)24)22-15-7-13-5-6-14(8-15)21-13/h9-15,21-22H,3-8H2,1-2H3. The minimum Gasteiger partial charge on any atom is -0.367 e. The second-order valence-corrected chi connectivity index (χ2v) is 8.28. The lowest BCUT2D eigenvalue weighted by atomic mass is 10.00. The zero-order chi connectivity index (χ0) is 16.3. The van der Waals surface area contributed by atoms with Crippen LogP contribution in [0, 0.1) is 0 Å². The number of anilines is 1. The summed E-state index contributed by atoms with van der Waals surface area (Å²) in [6, 6.07) is 4.20. The van der Waals surface area contributed by atoms with Crippen molar-refractivity contribution in [2.45, 2.75) is 82.3 Å². The van der Waals surface area contributed by atoms with E-state index in [2.05, 4.69) is 35.6 Å². The van der Waals surface area contributed by atoms with Crippen LogP contribution in [0.2, 0.25) is 0 Å². The van der Waals surface area contributed by atoms with E-state index in [-0.39, 0.29) is 0 Å². The van der Waals surface area contributed by atoms with Crippen LogP contribution < -0.4 is 10.6 Å². The van der Waals surface area contributed by atoms with Crippen molar-refractivity contribution in [2.75, 3.05) is 5.32 Å². The Kier molecular flexibility index (Phi) is 3.34. The van der Waals surface area contributed by atoms with Crippen molar-refractivity contribution in [1.29, 1.82) is 0 Å². The Morgan fingerprint density at radius 1 is 1.17 bits per heavy atom. The number of nitrogens with zero attached hydrogens (tertiary/aromatic N) is 3. The van der Waals surface area contributed by atoms with Gasteiger partial charge in [-0.1, -0.05) is 13.8 Å². The van der Waals surface area contributed by atoms with Crippen LogP contribution in [0.3, 0.4) is 0 Å². The summed E-state index contributed by atoms with van der Waals surface area (Å²) in [7, 11) is 0. The van der Waals surface area contributed by atoms with Gasteiger partial charge in [-0.2, -0.15) is 9.61 Å². The van der Waals surface area contributed by atoms with Crippen LogP contribution in [0.15, 0.2) is 12.3 Å². The van der Waals surface area contributed by atoms with E-state index in [0.717, 1.165) is 11.5 Å². The molecule has 24 heavy (non-hydrogen) atoms. The molecular formula is C19H27N5. The Hall–Kier alpha value is -1.62. The zero-order valence-corrected chi connectivity index (χ0v) is 14.6. The molecule has 0 amide bonds. The normalized spacial score (nSPS) is 29.5. The number of rotatable bonds is 4. The molecule has 5 rings (SSSR count). The van der Waals surface area contributed by atoms with Crippen molar-refractivity contribution < 1.29 is 0 Å². The number of fused-ring (bicyclic) bond motifs is 3. The molecule has 2 bridgehead atoms. The van der Waals surface area contributed by atoms with Gasteiger partial charge in [0, 0.05) is 41.4 Å². The average Bonchev–Trinajstić information content (AvgIpc) is 3.23. The van der Waals surface area contributed by atoms with Crippen molar-refractivity contribution in [3.8, 4) is 0 Å². The van der Waals surface area contributed by atoms with E-state index in [4.69, 9.17) is 4.98 Å². The fourth-order valence-electron chi connectivity index (χ4n) is 4.48. The first-order chi connectivity index (χ1) is 11.7. The second kappa shape index (κ2) is 5.45. The molecule has 5 heteroatoms. The summed E-state index contributed by atoms with van der Waals surface area (Å²) >= 11 is 0. The third kappa shape index (κ3) is 2.50. The molecule has 0 radical (unpaired) electrons. The van der Waals surface area contributed by atoms with Gasteiger partial charge in [-0.25, -0.2) is 4.98 Å². The lowest BCUT2D eigenvalue weighted by molar-refractivity contribution is 0.377. The Balaban J connectivity index is 1.51. The number of piperidine rings is 1. The molecule has 3 fully saturated rings. The molecule has 2 unspecified atom stereocenters. The van der Waals surface area contributed by atoms with Gasteiger partial charge in [0.25, 0.3) is 0 Å². The largest absolute Gasteiger partial charge is 0.367 e. The molecule has 2 aromatic heterocycles. The fraction of sp³-hybridized carbons (Fsp3) is 0.684. The zero-order valence-electron chi connectivity index (χ0n) is 14.6. The first-order valence-electron chi connectivity index (χ1n) is 9.58. The van der Waals surface area contributed by atoms with Gasteiger partial charge in [-0.3, -0.25) is 0 Å². The Morgan fingerprint density at radius 2 is 1.92 bits per heavy atom. The van der Waals surface area contributed by atoms with Crippen LogP contribution in [0.1, 0.15) is 75.5 Å². The van der Waals surface area contributed by atoms with E-state index >= 15 is 0 Å². The topological polar surface area (TPSA) is 54.2 Å². The van der Waals surface area contributed by atoms with Crippen molar-refractivity contribution in [2.24, 2.45) is 0 Å². The van der Waals surface area contributed by atoms with E-state index in [9.17, 15) is 0 Å². The predicted molar refractivity (Wildman–Crippen MR) is 95.6 cm³/mol. The Bertz CT molecular complexity index is 748. The summed E-state index contributed by atoms with van der Waals surface area (Å²) in [6.45, 7) is 4.44. The highest BCUT2D eigenvalue weighted by molar-refractivity contribution is 5.56. The van der Waals surface area contributed by atoms with E-state index in [1.807, 2.05) is 10.7 Å². The molecule has 1 saturated carbocycles. The lowest BCUT2D eigenvalue weighted by Gasteiger charge is -2.30. The minimum absolute atomic E-state index is 0.451. The van der Waals surface area contributed by atoms with Gasteiger partial charge in [0.1, 0.15) is 5.82 Å². The van der Waals surface area contributed by atoms with Crippen LogP contribution in [0.25, 0.3) is 5.65 Å². The summed E-state index contributed by atoms with van der Waals surface area (Å²) < 4.78 is 2.03. The molecule has 1 aliphatic carbocycles. The number of hydrogen-bond acceptors (Lipinski definition) is 4. The summed E-state index contributed by atoms with van der Waals surface area (Å²) in [5, 5.41) is 12.2. The molecule has 2 N–H and O–H groups in total. The number of hydrogen-bond donors (Lipinski definition) is 2. The molecule has 2 saturated heterocycles. The van der Waals surface area contributed by atoms with E-state index in [0.29, 0.717) is 30.0 Å². The summed E-state index contributed by atoms with van der Waals surface area (Å²) in [4.78, 5) is 4.96. The smallest absolute Gasteiger partial charge is 0.161 e. The fourth-order valence-corrected chi connectivity index (χ4v) is 4.48. The van der Waals surface area contributed by atoms with Crippen molar-refractivity contribution >= 4 is 11.5 Å². The number of nitrogens with one attached hydrogen (secondary N) is 2. The highest BCUT2D eigenvalue weighted by atomic mass is 15.3. The van der Waals surface area contributed by atoms with Gasteiger partial charge in [0.05, 0.1) is 6.20 Å². The van der Waals surface area contributed by atoms with Gasteiger partial charge in [-0.05, 0) is 44.4 Å². The van der Waals surface area contributed by atoms with Gasteiger partial charge in [0.15, 0.2) is 5.65 Å². The predicted octanol–water partition coefficient (Wildman–Crippen LogP) is 3.43. The molecule has 128 valence electrons. The molecule has 5 nitrogen and oxygen atoms in total. The SMILES string of the molecule is CC(C)c1cnn2c(NC3CC4CCC(C3)N4)cc(C3CC3)nc12. The maximum absolute atomic E-state index is 4.96. The van der Waals surface area contributed by atoms with Gasteiger partial charge in [0.2, 0.25) is 0 Å². The van der Waals surface area contributed by atoms with Crippen molar-refractivity contribution in [1.82, 2.24) is 19.9 Å². The van der Waals surface area contributed by atoms with E-state index in [1.165, 1.54) is 49.8 Å². The van der Waals surface area contributed by atoms with Crippen LogP contribution in [0.5, 0.6) is 0 Å². The molecule has 2 aliphatic heterocycles. The van der Waals surface area contributed by atoms with Crippen LogP contribution in [-0.4, -0.2) is 32.7 Å². The second-order valence-electron chi connectivity index (χ2n) is 8.28. The molecular weight excluding hydrogens is 298 g/mol. The first-order valence-corrected chi connectivity index (χ1v) is 9.58. The molecule has 0 spiro atoms. The lowest BCUT2D eigenvalue weighted by Crippen LogP contribution is -2.43. The highest BCUT2D eigenvalue weighted by Gasteiger charge is 2.34. The van der Waals surface area contributed by atoms with Crippen molar-refractivity contribution in [3.05, 3.63) is 23.5 Å². The average molecular weight is 325 g/mol. The third-order valence-corrected chi connectivity index (χ3v) is 5.96. The van der Waals surface area contributed by atoms with E-state index in [1.54, 1.807) is 0 Å². The highest BCUT2D eigenvalue weighted by Crippen LogP contribution is 2.40. The van der Waals surface area contributed by atoms with Gasteiger partial charge >= 0.3 is 0 Å². The summed E-state index contributed by atoms with van der Waals surface area (Å²) in [5.74, 6) is 2.25. The molecule has 2 atom stereocenters. The molecule has 0 aromatic carbocycles. The maximum Gasteiger partial charge on any atom is 0.161 e. The quantitative estimate of drug-likeness (QED) is 0.904. The van der Waals surface area contributed by atoms with Crippen LogP contribution in [-0.2, 0) is 0 Å². The monoisotopic (exact) mass is 325 g/mol. The number of aromatic nitrogens is 3. The third-order valence-electron chi connectivity index (χ3n) is 5.96. The van der Waals surface area contributed by atoms with Crippen LogP contribution >= 0.6 is 0 Å². The van der Waals surface area contributed by atoms with E-state index < -0.39 is 0 Å². The van der Waals surface area contributed by atoms with Gasteiger partial charge in [-0.15, -0.1) is 0 Å². The summed E-state index contributed by atoms with van der Waals surface area (Å²) in [5.41, 5.74) is 3.56. The maximum atomic E-state index is 4.96. The van der Waals surface area contributed by atoms with Gasteiger partial charge < -0.3 is 10.6 Å². The molecule has 3 aliphatic rings. The first kappa shape index (κ1) is 14.7. The Morgan fingerprint density at radius 3 is 2.58 bits per heavy atom. The Labute approximate surface area is 143 Å². The van der Waals surface area contributed by atoms with Crippen LogP contribution in [0.4, 0.5) is 5.82 Å². The minimum atomic E-state index is 0.451. The molecule has 2 aromatic rings.